The van der Waals surface area contributed by atoms with Crippen molar-refractivity contribution in [1.82, 2.24) is 10.6 Å². The van der Waals surface area contributed by atoms with Gasteiger partial charge in [0, 0.05) is 18.5 Å². The van der Waals surface area contributed by atoms with Crippen molar-refractivity contribution in [3.63, 3.8) is 0 Å². The SMILES string of the molecule is CC[C@H](C)[C@H](Nc1ccc2c(cc1=O)[C@@H](NC(C)=O)CCc1cc(OC)c(OC)c(OC)c1-2)C(=O)NC1CC1. The Morgan fingerprint density at radius 3 is 2.31 bits per heavy atom. The number of anilines is 1. The Balaban J connectivity index is 1.89. The summed E-state index contributed by atoms with van der Waals surface area (Å²) < 4.78 is 17.1. The Hall–Kier alpha value is -3.75. The van der Waals surface area contributed by atoms with Crippen LogP contribution in [0.2, 0.25) is 0 Å². The summed E-state index contributed by atoms with van der Waals surface area (Å²) in [6.07, 6.45) is 3.93. The summed E-state index contributed by atoms with van der Waals surface area (Å²) in [5.41, 5.74) is 3.21. The fourth-order valence-corrected chi connectivity index (χ4v) is 5.22. The van der Waals surface area contributed by atoms with Gasteiger partial charge in [-0.3, -0.25) is 14.4 Å². The largest absolute Gasteiger partial charge is 0.493 e. The molecule has 2 aromatic rings. The molecule has 3 N–H and O–H groups in total. The average molecular weight is 538 g/mol. The number of aryl methyl sites for hydroxylation is 1. The summed E-state index contributed by atoms with van der Waals surface area (Å²) >= 11 is 0. The Labute approximate surface area is 229 Å². The molecule has 9 heteroatoms. The molecule has 0 heterocycles. The highest BCUT2D eigenvalue weighted by Gasteiger charge is 2.32. The number of methoxy groups -OCH3 is 3. The molecule has 0 bridgehead atoms. The number of ether oxygens (including phenoxy) is 3. The van der Waals surface area contributed by atoms with Gasteiger partial charge in [-0.15, -0.1) is 0 Å². The van der Waals surface area contributed by atoms with Crippen molar-refractivity contribution in [3.8, 4) is 28.4 Å². The lowest BCUT2D eigenvalue weighted by molar-refractivity contribution is -0.123. The molecule has 2 amide bonds. The molecule has 3 atom stereocenters. The van der Waals surface area contributed by atoms with Crippen molar-refractivity contribution in [1.29, 1.82) is 0 Å². The van der Waals surface area contributed by atoms with E-state index in [0.717, 1.165) is 36.0 Å². The quantitative estimate of drug-likeness (QED) is 0.420. The fourth-order valence-electron chi connectivity index (χ4n) is 5.22. The molecule has 2 aliphatic carbocycles. The lowest BCUT2D eigenvalue weighted by atomic mass is 9.95. The van der Waals surface area contributed by atoms with E-state index in [-0.39, 0.29) is 29.2 Å². The predicted octanol–water partition coefficient (Wildman–Crippen LogP) is 3.97. The molecule has 1 saturated carbocycles. The maximum atomic E-state index is 13.6. The molecule has 210 valence electrons. The number of hydrogen-bond acceptors (Lipinski definition) is 7. The monoisotopic (exact) mass is 537 g/mol. The lowest BCUT2D eigenvalue weighted by Gasteiger charge is -2.24. The molecule has 0 spiro atoms. The van der Waals surface area contributed by atoms with Crippen LogP contribution < -0.4 is 35.6 Å². The van der Waals surface area contributed by atoms with Crippen LogP contribution in [0.4, 0.5) is 5.69 Å². The second kappa shape index (κ2) is 12.0. The second-order valence-corrected chi connectivity index (χ2v) is 10.4. The summed E-state index contributed by atoms with van der Waals surface area (Å²) in [6.45, 7) is 5.49. The standard InChI is InChI=1S/C30H39N3O6/c1-7-16(2)27(30(36)32-19-9-10-19)33-23-13-11-20-21(15-24(23)35)22(31-17(3)34)12-8-18-14-25(37-4)28(38-5)29(39-6)26(18)20/h11,13-16,19,22,27H,7-10,12H2,1-6H3,(H,31,34)(H,32,36)(H,33,35)/t16-,22-,27-/m0/s1. The summed E-state index contributed by atoms with van der Waals surface area (Å²) in [5, 5.41) is 9.34. The van der Waals surface area contributed by atoms with E-state index in [2.05, 4.69) is 16.0 Å². The first kappa shape index (κ1) is 28.3. The van der Waals surface area contributed by atoms with Crippen LogP contribution >= 0.6 is 0 Å². The van der Waals surface area contributed by atoms with Crippen LogP contribution in [0.25, 0.3) is 11.1 Å². The molecule has 0 radical (unpaired) electrons. The van der Waals surface area contributed by atoms with Crippen LogP contribution in [0, 0.1) is 5.92 Å². The highest BCUT2D eigenvalue weighted by atomic mass is 16.5. The molecular formula is C30H39N3O6. The minimum Gasteiger partial charge on any atom is -0.493 e. The molecule has 0 saturated heterocycles. The molecule has 4 rings (SSSR count). The summed E-state index contributed by atoms with van der Waals surface area (Å²) in [7, 11) is 4.69. The van der Waals surface area contributed by atoms with Gasteiger partial charge in [-0.1, -0.05) is 26.3 Å². The van der Waals surface area contributed by atoms with Crippen LogP contribution in [0.3, 0.4) is 0 Å². The van der Waals surface area contributed by atoms with Crippen molar-refractivity contribution in [2.24, 2.45) is 5.92 Å². The van der Waals surface area contributed by atoms with E-state index in [1.807, 2.05) is 26.0 Å². The van der Waals surface area contributed by atoms with Crippen molar-refractivity contribution in [2.75, 3.05) is 26.6 Å². The van der Waals surface area contributed by atoms with E-state index < -0.39 is 12.1 Å². The topological polar surface area (TPSA) is 115 Å². The van der Waals surface area contributed by atoms with Gasteiger partial charge < -0.3 is 30.2 Å². The molecule has 0 aliphatic heterocycles. The molecule has 0 unspecified atom stereocenters. The first-order chi connectivity index (χ1) is 18.7. The first-order valence-corrected chi connectivity index (χ1v) is 13.6. The van der Waals surface area contributed by atoms with E-state index in [0.29, 0.717) is 41.3 Å². The summed E-state index contributed by atoms with van der Waals surface area (Å²) in [4.78, 5) is 38.9. The number of nitrogens with one attached hydrogen (secondary N) is 3. The molecule has 2 aromatic carbocycles. The van der Waals surface area contributed by atoms with Crippen LogP contribution in [0.15, 0.2) is 29.1 Å². The van der Waals surface area contributed by atoms with Crippen LogP contribution in [0.5, 0.6) is 17.2 Å². The Kier molecular flexibility index (Phi) is 8.67. The Morgan fingerprint density at radius 2 is 1.72 bits per heavy atom. The zero-order valence-electron chi connectivity index (χ0n) is 23.6. The fraction of sp³-hybridized carbons (Fsp3) is 0.500. The van der Waals surface area contributed by atoms with Gasteiger partial charge in [0.2, 0.25) is 23.0 Å². The van der Waals surface area contributed by atoms with Crippen LogP contribution in [0.1, 0.15) is 63.6 Å². The smallest absolute Gasteiger partial charge is 0.242 e. The van der Waals surface area contributed by atoms with Gasteiger partial charge in [0.15, 0.2) is 11.5 Å². The first-order valence-electron chi connectivity index (χ1n) is 13.6. The number of fused-ring (bicyclic) bond motifs is 3. The Bertz CT molecular complexity index is 1310. The number of rotatable bonds is 10. The molecule has 39 heavy (non-hydrogen) atoms. The normalized spacial score (nSPS) is 17.4. The zero-order valence-corrected chi connectivity index (χ0v) is 23.6. The summed E-state index contributed by atoms with van der Waals surface area (Å²) in [5.74, 6) is 1.20. The third-order valence-electron chi connectivity index (χ3n) is 7.65. The van der Waals surface area contributed by atoms with Crippen LogP contribution in [-0.4, -0.2) is 45.2 Å². The molecular weight excluding hydrogens is 498 g/mol. The lowest BCUT2D eigenvalue weighted by Crippen LogP contribution is -2.45. The van der Waals surface area contributed by atoms with Gasteiger partial charge in [-0.25, -0.2) is 0 Å². The second-order valence-electron chi connectivity index (χ2n) is 10.4. The number of hydrogen-bond donors (Lipinski definition) is 3. The van der Waals surface area contributed by atoms with Gasteiger partial charge in [-0.2, -0.15) is 0 Å². The predicted molar refractivity (Wildman–Crippen MR) is 151 cm³/mol. The average Bonchev–Trinajstić information content (AvgIpc) is 3.76. The van der Waals surface area contributed by atoms with E-state index in [9.17, 15) is 14.4 Å². The zero-order chi connectivity index (χ0) is 28.3. The minimum absolute atomic E-state index is 0.0103. The molecule has 0 aromatic heterocycles. The highest BCUT2D eigenvalue weighted by molar-refractivity contribution is 5.86. The van der Waals surface area contributed by atoms with E-state index in [1.54, 1.807) is 33.5 Å². The number of carbonyl (C=O) groups is 2. The minimum atomic E-state index is -0.553. The van der Waals surface area contributed by atoms with E-state index >= 15 is 0 Å². The third kappa shape index (κ3) is 5.97. The maximum Gasteiger partial charge on any atom is 0.242 e. The summed E-state index contributed by atoms with van der Waals surface area (Å²) in [6, 6.07) is 6.33. The number of carbonyl (C=O) groups excluding carboxylic acids is 2. The van der Waals surface area contributed by atoms with E-state index in [4.69, 9.17) is 14.2 Å². The van der Waals surface area contributed by atoms with Crippen molar-refractivity contribution < 1.29 is 23.8 Å². The van der Waals surface area contributed by atoms with Gasteiger partial charge in [-0.05, 0) is 66.5 Å². The Morgan fingerprint density at radius 1 is 1.00 bits per heavy atom. The highest BCUT2D eigenvalue weighted by Crippen LogP contribution is 2.50. The van der Waals surface area contributed by atoms with Crippen LogP contribution in [-0.2, 0) is 16.0 Å². The molecule has 9 nitrogen and oxygen atoms in total. The molecule has 1 fully saturated rings. The van der Waals surface area contributed by atoms with E-state index in [1.165, 1.54) is 6.92 Å². The molecule has 2 aliphatic rings. The van der Waals surface area contributed by atoms with Gasteiger partial charge >= 0.3 is 0 Å². The number of benzene rings is 1. The number of amides is 2. The van der Waals surface area contributed by atoms with Crippen molar-refractivity contribution in [2.45, 2.75) is 71.0 Å². The van der Waals surface area contributed by atoms with Crippen molar-refractivity contribution in [3.05, 3.63) is 45.6 Å². The van der Waals surface area contributed by atoms with Gasteiger partial charge in [0.1, 0.15) is 6.04 Å². The van der Waals surface area contributed by atoms with Gasteiger partial charge in [0.05, 0.1) is 33.1 Å². The van der Waals surface area contributed by atoms with Gasteiger partial charge in [0.25, 0.3) is 0 Å². The third-order valence-corrected chi connectivity index (χ3v) is 7.65. The van der Waals surface area contributed by atoms with Crippen molar-refractivity contribution >= 4 is 17.5 Å². The maximum absolute atomic E-state index is 13.6.